The number of nitrogens with one attached hydrogen (secondary N) is 1. The van der Waals surface area contributed by atoms with Crippen LogP contribution in [-0.2, 0) is 6.42 Å². The van der Waals surface area contributed by atoms with Crippen molar-refractivity contribution in [1.29, 1.82) is 0 Å². The van der Waals surface area contributed by atoms with Gasteiger partial charge < -0.3 is 5.32 Å². The molecular formula is C16H21N3OS. The van der Waals surface area contributed by atoms with Crippen LogP contribution >= 0.6 is 11.3 Å². The zero-order valence-corrected chi connectivity index (χ0v) is 14.0. The number of nitrogens with zero attached hydrogens (tertiary/aromatic N) is 2. The normalized spacial score (nSPS) is 10.7. The fourth-order valence-corrected chi connectivity index (χ4v) is 3.43. The molecule has 0 saturated carbocycles. The lowest BCUT2D eigenvalue weighted by Crippen LogP contribution is -2.14. The zero-order valence-electron chi connectivity index (χ0n) is 13.2. The molecule has 2 aromatic heterocycles. The lowest BCUT2D eigenvalue weighted by atomic mass is 10.1. The maximum atomic E-state index is 12.5. The Morgan fingerprint density at radius 1 is 1.19 bits per heavy atom. The van der Waals surface area contributed by atoms with Gasteiger partial charge in [0.05, 0.1) is 22.1 Å². The van der Waals surface area contributed by atoms with E-state index in [9.17, 15) is 4.79 Å². The number of rotatable bonds is 4. The van der Waals surface area contributed by atoms with Crippen molar-refractivity contribution in [2.75, 3.05) is 5.32 Å². The van der Waals surface area contributed by atoms with Crippen molar-refractivity contribution in [3.8, 4) is 0 Å². The Kier molecular flexibility index (Phi) is 4.73. The number of carbonyl (C=O) groups excluding carboxylic acids is 1. The number of hydrogen-bond donors (Lipinski definition) is 1. The molecule has 2 aromatic rings. The van der Waals surface area contributed by atoms with Crippen molar-refractivity contribution < 1.29 is 4.79 Å². The summed E-state index contributed by atoms with van der Waals surface area (Å²) in [4.78, 5) is 22.0. The summed E-state index contributed by atoms with van der Waals surface area (Å²) < 4.78 is 0. The number of amides is 1. The number of anilines is 1. The van der Waals surface area contributed by atoms with Gasteiger partial charge in [-0.1, -0.05) is 6.92 Å². The van der Waals surface area contributed by atoms with E-state index >= 15 is 0 Å². The first-order valence-electron chi connectivity index (χ1n) is 7.14. The molecule has 2 heterocycles. The molecule has 0 unspecified atom stereocenters. The Bertz CT molecular complexity index is 653. The quantitative estimate of drug-likeness (QED) is 0.929. The van der Waals surface area contributed by atoms with Crippen LogP contribution in [0, 0.1) is 27.7 Å². The van der Waals surface area contributed by atoms with Crippen LogP contribution in [0.1, 0.15) is 50.7 Å². The molecule has 0 aromatic carbocycles. The van der Waals surface area contributed by atoms with Gasteiger partial charge in [-0.05, 0) is 52.2 Å². The van der Waals surface area contributed by atoms with E-state index in [1.54, 1.807) is 0 Å². The maximum Gasteiger partial charge on any atom is 0.267 e. The molecule has 5 heteroatoms. The largest absolute Gasteiger partial charge is 0.319 e. The van der Waals surface area contributed by atoms with Crippen LogP contribution in [0.3, 0.4) is 0 Å². The van der Waals surface area contributed by atoms with E-state index in [0.717, 1.165) is 46.2 Å². The predicted octanol–water partition coefficient (Wildman–Crippen LogP) is 3.98. The molecule has 112 valence electrons. The summed E-state index contributed by atoms with van der Waals surface area (Å²) in [6.45, 7) is 9.85. The van der Waals surface area contributed by atoms with E-state index in [1.165, 1.54) is 11.3 Å². The summed E-state index contributed by atoms with van der Waals surface area (Å²) in [5.41, 5.74) is 4.44. The molecule has 0 aliphatic carbocycles. The summed E-state index contributed by atoms with van der Waals surface area (Å²) in [5.74, 6) is -0.0933. The van der Waals surface area contributed by atoms with Gasteiger partial charge in [0.2, 0.25) is 0 Å². The molecule has 0 bridgehead atoms. The van der Waals surface area contributed by atoms with Gasteiger partial charge in [-0.15, -0.1) is 11.3 Å². The number of thiazole rings is 1. The highest BCUT2D eigenvalue weighted by Crippen LogP contribution is 2.24. The van der Waals surface area contributed by atoms with Crippen LogP contribution in [0.5, 0.6) is 0 Å². The third-order valence-electron chi connectivity index (χ3n) is 3.28. The van der Waals surface area contributed by atoms with Crippen LogP contribution in [0.25, 0.3) is 0 Å². The summed E-state index contributed by atoms with van der Waals surface area (Å²) in [6.07, 6.45) is 1.96. The lowest BCUT2D eigenvalue weighted by molar-refractivity contribution is 0.102. The van der Waals surface area contributed by atoms with Crippen LogP contribution in [0.2, 0.25) is 0 Å². The van der Waals surface area contributed by atoms with E-state index in [2.05, 4.69) is 22.2 Å². The van der Waals surface area contributed by atoms with Crippen LogP contribution in [0.4, 0.5) is 5.69 Å². The fraction of sp³-hybridized carbons (Fsp3) is 0.438. The van der Waals surface area contributed by atoms with Gasteiger partial charge >= 0.3 is 0 Å². The standard InChI is InChI=1S/C16H21N3OS/c1-6-7-13-18-12(5)15(21-13)16(20)19-14-9(2)8-10(3)17-11(14)4/h8H,6-7H2,1-5H3,(H,19,20). The average molecular weight is 303 g/mol. The van der Waals surface area contributed by atoms with Crippen molar-refractivity contribution in [2.45, 2.75) is 47.5 Å². The van der Waals surface area contributed by atoms with Crippen molar-refractivity contribution in [1.82, 2.24) is 9.97 Å². The molecule has 0 radical (unpaired) electrons. The topological polar surface area (TPSA) is 54.9 Å². The number of hydrogen-bond acceptors (Lipinski definition) is 4. The maximum absolute atomic E-state index is 12.5. The fourth-order valence-electron chi connectivity index (χ4n) is 2.37. The molecule has 0 saturated heterocycles. The van der Waals surface area contributed by atoms with Gasteiger partial charge in [0.15, 0.2) is 0 Å². The Labute approximate surface area is 129 Å². The summed E-state index contributed by atoms with van der Waals surface area (Å²) in [5, 5.41) is 4.01. The molecule has 0 aliphatic heterocycles. The van der Waals surface area contributed by atoms with Crippen LogP contribution < -0.4 is 5.32 Å². The molecule has 0 spiro atoms. The first-order chi connectivity index (χ1) is 9.92. The highest BCUT2D eigenvalue weighted by Gasteiger charge is 2.17. The molecule has 4 nitrogen and oxygen atoms in total. The first-order valence-corrected chi connectivity index (χ1v) is 7.96. The Balaban J connectivity index is 2.26. The van der Waals surface area contributed by atoms with Crippen molar-refractivity contribution >= 4 is 22.9 Å². The van der Waals surface area contributed by atoms with Gasteiger partial charge in [0, 0.05) is 5.69 Å². The summed E-state index contributed by atoms with van der Waals surface area (Å²) in [6, 6.07) is 1.98. The van der Waals surface area contributed by atoms with Gasteiger partial charge in [-0.3, -0.25) is 9.78 Å². The predicted molar refractivity (Wildman–Crippen MR) is 87.2 cm³/mol. The first kappa shape index (κ1) is 15.6. The number of aromatic nitrogens is 2. The van der Waals surface area contributed by atoms with Crippen LogP contribution in [-0.4, -0.2) is 15.9 Å². The third kappa shape index (κ3) is 3.47. The van der Waals surface area contributed by atoms with E-state index < -0.39 is 0 Å². The molecule has 0 atom stereocenters. The Morgan fingerprint density at radius 3 is 2.52 bits per heavy atom. The van der Waals surface area contributed by atoms with Gasteiger partial charge in [0.1, 0.15) is 4.88 Å². The SMILES string of the molecule is CCCc1nc(C)c(C(=O)Nc2c(C)cc(C)nc2C)s1. The van der Waals surface area contributed by atoms with E-state index in [0.29, 0.717) is 4.88 Å². The molecule has 0 fully saturated rings. The van der Waals surface area contributed by atoms with E-state index in [1.807, 2.05) is 33.8 Å². The third-order valence-corrected chi connectivity index (χ3v) is 4.49. The number of carbonyl (C=O) groups is 1. The van der Waals surface area contributed by atoms with E-state index in [-0.39, 0.29) is 5.91 Å². The highest BCUT2D eigenvalue weighted by atomic mass is 32.1. The van der Waals surface area contributed by atoms with Gasteiger partial charge in [-0.2, -0.15) is 0 Å². The second-order valence-corrected chi connectivity index (χ2v) is 6.35. The minimum Gasteiger partial charge on any atom is -0.319 e. The van der Waals surface area contributed by atoms with Gasteiger partial charge in [0.25, 0.3) is 5.91 Å². The highest BCUT2D eigenvalue weighted by molar-refractivity contribution is 7.13. The monoisotopic (exact) mass is 303 g/mol. The second kappa shape index (κ2) is 6.35. The summed E-state index contributed by atoms with van der Waals surface area (Å²) in [7, 11) is 0. The van der Waals surface area contributed by atoms with Crippen LogP contribution in [0.15, 0.2) is 6.07 Å². The molecule has 2 rings (SSSR count). The van der Waals surface area contributed by atoms with Crippen molar-refractivity contribution in [3.05, 3.63) is 38.6 Å². The molecular weight excluding hydrogens is 282 g/mol. The number of pyridine rings is 1. The lowest BCUT2D eigenvalue weighted by Gasteiger charge is -2.11. The van der Waals surface area contributed by atoms with Crippen molar-refractivity contribution in [3.63, 3.8) is 0 Å². The Morgan fingerprint density at radius 2 is 1.90 bits per heavy atom. The molecule has 21 heavy (non-hydrogen) atoms. The Hall–Kier alpha value is -1.75. The second-order valence-electron chi connectivity index (χ2n) is 5.27. The van der Waals surface area contributed by atoms with E-state index in [4.69, 9.17) is 0 Å². The van der Waals surface area contributed by atoms with Crippen molar-refractivity contribution in [2.24, 2.45) is 0 Å². The smallest absolute Gasteiger partial charge is 0.267 e. The van der Waals surface area contributed by atoms with Gasteiger partial charge in [-0.25, -0.2) is 4.98 Å². The molecule has 1 amide bonds. The minimum absolute atomic E-state index is 0.0933. The zero-order chi connectivity index (χ0) is 15.6. The molecule has 1 N–H and O–H groups in total. The molecule has 0 aliphatic rings. The average Bonchev–Trinajstić information content (AvgIpc) is 2.75. The number of aryl methyl sites for hydroxylation is 5. The summed E-state index contributed by atoms with van der Waals surface area (Å²) >= 11 is 1.48. The minimum atomic E-state index is -0.0933.